The van der Waals surface area contributed by atoms with Gasteiger partial charge in [0.05, 0.1) is 11.2 Å². The molecule has 0 spiro atoms. The number of nitrogens with zero attached hydrogens (tertiary/aromatic N) is 1. The predicted octanol–water partition coefficient (Wildman–Crippen LogP) is 3.02. The fraction of sp³-hybridized carbons (Fsp3) is 0.600. The van der Waals surface area contributed by atoms with E-state index in [2.05, 4.69) is 5.32 Å². The van der Waals surface area contributed by atoms with E-state index in [0.29, 0.717) is 12.2 Å². The second-order valence-electron chi connectivity index (χ2n) is 5.70. The molecule has 0 aliphatic carbocycles. The molecule has 0 fully saturated rings. The number of hydrogen-bond donors (Lipinski definition) is 2. The van der Waals surface area contributed by atoms with Gasteiger partial charge in [0, 0.05) is 25.3 Å². The van der Waals surface area contributed by atoms with Gasteiger partial charge in [0.15, 0.2) is 0 Å². The van der Waals surface area contributed by atoms with Crippen LogP contribution in [-0.2, 0) is 12.7 Å². The monoisotopic (exact) mass is 304 g/mol. The number of hydrogen-bond acceptors (Lipinski definition) is 3. The maximum Gasteiger partial charge on any atom is 0.416 e. The van der Waals surface area contributed by atoms with Crippen LogP contribution in [0, 0.1) is 0 Å². The summed E-state index contributed by atoms with van der Waals surface area (Å²) in [6.45, 7) is 6.07. The molecular formula is C15H23F3N2O. The lowest BCUT2D eigenvalue weighted by Crippen LogP contribution is -2.38. The first-order chi connectivity index (χ1) is 9.58. The second kappa shape index (κ2) is 6.66. The summed E-state index contributed by atoms with van der Waals surface area (Å²) in [5.74, 6) is 0. The zero-order valence-electron chi connectivity index (χ0n) is 12.9. The number of nitrogens with one attached hydrogen (secondary N) is 1. The van der Waals surface area contributed by atoms with E-state index >= 15 is 0 Å². The van der Waals surface area contributed by atoms with Crippen molar-refractivity contribution in [1.29, 1.82) is 0 Å². The molecule has 0 heterocycles. The molecule has 120 valence electrons. The molecule has 6 heteroatoms. The van der Waals surface area contributed by atoms with Gasteiger partial charge >= 0.3 is 6.18 Å². The van der Waals surface area contributed by atoms with Crippen LogP contribution in [0.15, 0.2) is 18.2 Å². The zero-order valence-corrected chi connectivity index (χ0v) is 12.9. The number of anilines is 1. The SMILES string of the molecule is CCN(CC(C)(C)O)c1ccc(CNC)c(C(F)(F)F)c1. The summed E-state index contributed by atoms with van der Waals surface area (Å²) in [6, 6.07) is 4.31. The quantitative estimate of drug-likeness (QED) is 0.848. The van der Waals surface area contributed by atoms with Crippen molar-refractivity contribution in [2.24, 2.45) is 0 Å². The van der Waals surface area contributed by atoms with E-state index < -0.39 is 17.3 Å². The Morgan fingerprint density at radius 1 is 1.24 bits per heavy atom. The minimum atomic E-state index is -4.39. The molecule has 1 aromatic rings. The third-order valence-corrected chi connectivity index (χ3v) is 3.09. The van der Waals surface area contributed by atoms with Crippen LogP contribution in [0.1, 0.15) is 31.9 Å². The molecule has 1 aromatic carbocycles. The normalized spacial score (nSPS) is 12.6. The van der Waals surface area contributed by atoms with Crippen LogP contribution in [0.3, 0.4) is 0 Å². The van der Waals surface area contributed by atoms with Crippen molar-refractivity contribution in [2.75, 3.05) is 25.0 Å². The van der Waals surface area contributed by atoms with Gasteiger partial charge in [0.2, 0.25) is 0 Å². The van der Waals surface area contributed by atoms with E-state index in [1.807, 2.05) is 6.92 Å². The topological polar surface area (TPSA) is 35.5 Å². The first-order valence-corrected chi connectivity index (χ1v) is 6.90. The molecule has 21 heavy (non-hydrogen) atoms. The molecule has 0 radical (unpaired) electrons. The number of aliphatic hydroxyl groups is 1. The van der Waals surface area contributed by atoms with Crippen LogP contribution in [0.25, 0.3) is 0 Å². The third-order valence-electron chi connectivity index (χ3n) is 3.09. The van der Waals surface area contributed by atoms with Crippen LogP contribution >= 0.6 is 0 Å². The van der Waals surface area contributed by atoms with Crippen molar-refractivity contribution in [3.8, 4) is 0 Å². The highest BCUT2D eigenvalue weighted by atomic mass is 19.4. The van der Waals surface area contributed by atoms with E-state index in [-0.39, 0.29) is 18.7 Å². The Hall–Kier alpha value is -1.27. The average molecular weight is 304 g/mol. The van der Waals surface area contributed by atoms with Gasteiger partial charge < -0.3 is 15.3 Å². The lowest BCUT2D eigenvalue weighted by atomic mass is 10.0. The van der Waals surface area contributed by atoms with E-state index in [9.17, 15) is 18.3 Å². The van der Waals surface area contributed by atoms with Gasteiger partial charge in [0.25, 0.3) is 0 Å². The van der Waals surface area contributed by atoms with Crippen LogP contribution in [0.5, 0.6) is 0 Å². The Bertz CT molecular complexity index is 467. The Labute approximate surface area is 123 Å². The largest absolute Gasteiger partial charge is 0.416 e. The van der Waals surface area contributed by atoms with E-state index in [0.717, 1.165) is 6.07 Å². The van der Waals surface area contributed by atoms with Crippen molar-refractivity contribution < 1.29 is 18.3 Å². The number of likely N-dealkylation sites (N-methyl/N-ethyl adjacent to an activating group) is 1. The molecule has 0 saturated heterocycles. The Kier molecular flexibility index (Phi) is 5.64. The van der Waals surface area contributed by atoms with Gasteiger partial charge in [-0.15, -0.1) is 0 Å². The second-order valence-corrected chi connectivity index (χ2v) is 5.70. The molecule has 0 atom stereocenters. The summed E-state index contributed by atoms with van der Waals surface area (Å²) in [5, 5.41) is 12.6. The third kappa shape index (κ3) is 5.21. The van der Waals surface area contributed by atoms with Crippen LogP contribution in [0.2, 0.25) is 0 Å². The van der Waals surface area contributed by atoms with Crippen molar-refractivity contribution in [1.82, 2.24) is 5.32 Å². The first kappa shape index (κ1) is 17.8. The Morgan fingerprint density at radius 3 is 2.29 bits per heavy atom. The predicted molar refractivity (Wildman–Crippen MR) is 78.4 cm³/mol. The maximum atomic E-state index is 13.2. The van der Waals surface area contributed by atoms with Crippen LogP contribution in [0.4, 0.5) is 18.9 Å². The average Bonchev–Trinajstić information content (AvgIpc) is 2.34. The van der Waals surface area contributed by atoms with Gasteiger partial charge in [-0.3, -0.25) is 0 Å². The van der Waals surface area contributed by atoms with Crippen LogP contribution < -0.4 is 10.2 Å². The molecule has 0 aliphatic rings. The van der Waals surface area contributed by atoms with E-state index in [1.165, 1.54) is 6.07 Å². The van der Waals surface area contributed by atoms with Gasteiger partial charge in [-0.2, -0.15) is 13.2 Å². The fourth-order valence-corrected chi connectivity index (χ4v) is 2.22. The molecule has 0 bridgehead atoms. The van der Waals surface area contributed by atoms with Crippen molar-refractivity contribution >= 4 is 5.69 Å². The Morgan fingerprint density at radius 2 is 1.86 bits per heavy atom. The summed E-state index contributed by atoms with van der Waals surface area (Å²) < 4.78 is 39.5. The highest BCUT2D eigenvalue weighted by molar-refractivity contribution is 5.52. The fourth-order valence-electron chi connectivity index (χ4n) is 2.22. The summed E-state index contributed by atoms with van der Waals surface area (Å²) in [5.41, 5.74) is -0.929. The van der Waals surface area contributed by atoms with Crippen molar-refractivity contribution in [3.05, 3.63) is 29.3 Å². The summed E-state index contributed by atoms with van der Waals surface area (Å²) in [7, 11) is 1.61. The molecule has 0 aromatic heterocycles. The molecule has 3 nitrogen and oxygen atoms in total. The zero-order chi connectivity index (χ0) is 16.3. The molecule has 2 N–H and O–H groups in total. The maximum absolute atomic E-state index is 13.2. The highest BCUT2D eigenvalue weighted by Gasteiger charge is 2.34. The number of halogens is 3. The highest BCUT2D eigenvalue weighted by Crippen LogP contribution is 2.35. The Balaban J connectivity index is 3.20. The minimum absolute atomic E-state index is 0.159. The van der Waals surface area contributed by atoms with E-state index in [4.69, 9.17) is 0 Å². The summed E-state index contributed by atoms with van der Waals surface area (Å²) in [4.78, 5) is 1.73. The molecule has 0 aliphatic heterocycles. The molecule has 0 unspecified atom stereocenters. The van der Waals surface area contributed by atoms with Crippen molar-refractivity contribution in [2.45, 2.75) is 39.1 Å². The summed E-state index contributed by atoms with van der Waals surface area (Å²) in [6.07, 6.45) is -4.39. The molecule has 1 rings (SSSR count). The smallest absolute Gasteiger partial charge is 0.389 e. The number of rotatable bonds is 6. The van der Waals surface area contributed by atoms with E-state index in [1.54, 1.807) is 31.9 Å². The number of alkyl halides is 3. The van der Waals surface area contributed by atoms with Gasteiger partial charge in [-0.1, -0.05) is 6.07 Å². The molecule has 0 saturated carbocycles. The summed E-state index contributed by atoms with van der Waals surface area (Å²) >= 11 is 0. The molecule has 0 amide bonds. The van der Waals surface area contributed by atoms with Gasteiger partial charge in [-0.25, -0.2) is 0 Å². The van der Waals surface area contributed by atoms with Gasteiger partial charge in [0.1, 0.15) is 0 Å². The van der Waals surface area contributed by atoms with Crippen molar-refractivity contribution in [3.63, 3.8) is 0 Å². The lowest BCUT2D eigenvalue weighted by molar-refractivity contribution is -0.138. The first-order valence-electron chi connectivity index (χ1n) is 6.90. The minimum Gasteiger partial charge on any atom is -0.389 e. The molecular weight excluding hydrogens is 281 g/mol. The van der Waals surface area contributed by atoms with Gasteiger partial charge in [-0.05, 0) is 45.5 Å². The number of benzene rings is 1. The van der Waals surface area contributed by atoms with Crippen LogP contribution in [-0.4, -0.2) is 30.8 Å². The standard InChI is InChI=1S/C15H23F3N2O/c1-5-20(10-14(2,3)21)12-7-6-11(9-19-4)13(8-12)15(16,17)18/h6-8,19,21H,5,9-10H2,1-4H3. The lowest BCUT2D eigenvalue weighted by Gasteiger charge is -2.30.